The molecule has 5 heteroatoms. The van der Waals surface area contributed by atoms with Crippen LogP contribution in [0, 0.1) is 18.8 Å². The molecule has 0 radical (unpaired) electrons. The molecular weight excluding hydrogens is 272 g/mol. The molecule has 0 atom stereocenters. The van der Waals surface area contributed by atoms with E-state index >= 15 is 0 Å². The lowest BCUT2D eigenvalue weighted by atomic mass is 10.2. The van der Waals surface area contributed by atoms with Crippen LogP contribution in [0.3, 0.4) is 0 Å². The van der Waals surface area contributed by atoms with Crippen LogP contribution in [-0.4, -0.2) is 22.6 Å². The minimum absolute atomic E-state index is 0.192. The van der Waals surface area contributed by atoms with Crippen molar-refractivity contribution in [3.8, 4) is 11.8 Å². The van der Waals surface area contributed by atoms with Gasteiger partial charge in [-0.05, 0) is 36.1 Å². The zero-order chi connectivity index (χ0) is 14.4. The summed E-state index contributed by atoms with van der Waals surface area (Å²) in [5, 5.41) is 13.4. The van der Waals surface area contributed by atoms with Gasteiger partial charge in [0.1, 0.15) is 12.3 Å². The number of nitrogens with one attached hydrogen (secondary N) is 1. The molecule has 20 heavy (non-hydrogen) atoms. The number of hydrogen-bond acceptors (Lipinski definition) is 4. The maximum absolute atomic E-state index is 11.9. The van der Waals surface area contributed by atoms with Crippen LogP contribution < -0.4 is 5.32 Å². The number of aliphatic hydroxyl groups is 1. The highest BCUT2D eigenvalue weighted by Crippen LogP contribution is 2.14. The third-order valence-electron chi connectivity index (χ3n) is 2.69. The average molecular weight is 286 g/mol. The third kappa shape index (κ3) is 3.67. The Morgan fingerprint density at radius 2 is 2.30 bits per heavy atom. The molecule has 2 rings (SSSR count). The number of aromatic nitrogens is 1. The van der Waals surface area contributed by atoms with Crippen LogP contribution in [-0.2, 0) is 6.54 Å². The largest absolute Gasteiger partial charge is 0.384 e. The first-order valence-electron chi connectivity index (χ1n) is 6.07. The van der Waals surface area contributed by atoms with Crippen molar-refractivity contribution >= 4 is 17.2 Å². The molecule has 1 amide bonds. The van der Waals surface area contributed by atoms with Crippen molar-refractivity contribution in [2.75, 3.05) is 6.61 Å². The molecule has 0 spiro atoms. The van der Waals surface area contributed by atoms with Gasteiger partial charge in [0.25, 0.3) is 5.91 Å². The maximum atomic E-state index is 11.9. The quantitative estimate of drug-likeness (QED) is 0.845. The molecule has 0 bridgehead atoms. The SMILES string of the molecule is Cc1ccsc1CNC(=O)c1ccc(C#CCO)cn1. The number of carbonyl (C=O) groups is 1. The molecule has 0 aromatic carbocycles. The summed E-state index contributed by atoms with van der Waals surface area (Å²) in [6.07, 6.45) is 1.52. The van der Waals surface area contributed by atoms with E-state index < -0.39 is 0 Å². The molecule has 2 heterocycles. The summed E-state index contributed by atoms with van der Waals surface area (Å²) in [4.78, 5) is 17.1. The van der Waals surface area contributed by atoms with Gasteiger partial charge in [-0.2, -0.15) is 0 Å². The fourth-order valence-electron chi connectivity index (χ4n) is 1.58. The lowest BCUT2D eigenvalue weighted by molar-refractivity contribution is 0.0946. The summed E-state index contributed by atoms with van der Waals surface area (Å²) in [5.74, 6) is 5.05. The van der Waals surface area contributed by atoms with Gasteiger partial charge >= 0.3 is 0 Å². The second-order valence-corrected chi connectivity index (χ2v) is 5.10. The summed E-state index contributed by atoms with van der Waals surface area (Å²) >= 11 is 1.62. The number of hydrogen-bond donors (Lipinski definition) is 2. The van der Waals surface area contributed by atoms with E-state index in [1.54, 1.807) is 23.5 Å². The highest BCUT2D eigenvalue weighted by molar-refractivity contribution is 7.10. The van der Waals surface area contributed by atoms with E-state index in [1.807, 2.05) is 18.4 Å². The normalized spacial score (nSPS) is 9.70. The molecule has 0 aliphatic carbocycles. The standard InChI is InChI=1S/C15H14N2O2S/c1-11-6-8-20-14(11)10-17-15(19)13-5-4-12(9-16-13)3-2-7-18/h4-6,8-9,18H,7,10H2,1H3,(H,17,19). The minimum Gasteiger partial charge on any atom is -0.384 e. The third-order valence-corrected chi connectivity index (χ3v) is 3.71. The van der Waals surface area contributed by atoms with E-state index in [2.05, 4.69) is 22.1 Å². The smallest absolute Gasteiger partial charge is 0.270 e. The number of nitrogens with zero attached hydrogens (tertiary/aromatic N) is 1. The van der Waals surface area contributed by atoms with Gasteiger partial charge in [0.15, 0.2) is 0 Å². The Kier molecular flexibility index (Phi) is 4.88. The predicted molar refractivity (Wildman–Crippen MR) is 78.4 cm³/mol. The highest BCUT2D eigenvalue weighted by atomic mass is 32.1. The van der Waals surface area contributed by atoms with Crippen LogP contribution in [0.2, 0.25) is 0 Å². The topological polar surface area (TPSA) is 62.2 Å². The number of amides is 1. The number of thiophene rings is 1. The van der Waals surface area contributed by atoms with Crippen molar-refractivity contribution in [3.05, 3.63) is 51.5 Å². The van der Waals surface area contributed by atoms with Gasteiger partial charge in [0.2, 0.25) is 0 Å². The first-order valence-corrected chi connectivity index (χ1v) is 6.95. The molecule has 2 aromatic heterocycles. The first kappa shape index (κ1) is 14.3. The van der Waals surface area contributed by atoms with E-state index in [1.165, 1.54) is 11.8 Å². The lowest BCUT2D eigenvalue weighted by Crippen LogP contribution is -2.23. The van der Waals surface area contributed by atoms with Gasteiger partial charge in [-0.25, -0.2) is 4.98 Å². The van der Waals surface area contributed by atoms with E-state index in [0.717, 1.165) is 4.88 Å². The molecule has 0 saturated heterocycles. The predicted octanol–water partition coefficient (Wildman–Crippen LogP) is 1.73. The number of carbonyl (C=O) groups excluding carboxylic acids is 1. The number of aliphatic hydroxyl groups excluding tert-OH is 1. The lowest BCUT2D eigenvalue weighted by Gasteiger charge is -2.04. The van der Waals surface area contributed by atoms with Gasteiger partial charge in [-0.15, -0.1) is 11.3 Å². The van der Waals surface area contributed by atoms with Crippen molar-refractivity contribution in [1.29, 1.82) is 0 Å². The molecule has 0 aliphatic rings. The molecule has 2 N–H and O–H groups in total. The Hall–Kier alpha value is -2.16. The van der Waals surface area contributed by atoms with Crippen LogP contribution in [0.5, 0.6) is 0 Å². The molecule has 102 valence electrons. The number of pyridine rings is 1. The van der Waals surface area contributed by atoms with Gasteiger partial charge in [-0.1, -0.05) is 11.8 Å². The zero-order valence-corrected chi connectivity index (χ0v) is 11.8. The second-order valence-electron chi connectivity index (χ2n) is 4.10. The summed E-state index contributed by atoms with van der Waals surface area (Å²) in [6, 6.07) is 5.36. The van der Waals surface area contributed by atoms with Crippen LogP contribution in [0.15, 0.2) is 29.8 Å². The molecular formula is C15H14N2O2S. The van der Waals surface area contributed by atoms with Crippen molar-refractivity contribution < 1.29 is 9.90 Å². The van der Waals surface area contributed by atoms with Gasteiger partial charge in [0, 0.05) is 16.6 Å². The van der Waals surface area contributed by atoms with Crippen LogP contribution in [0.25, 0.3) is 0 Å². The van der Waals surface area contributed by atoms with Gasteiger partial charge < -0.3 is 10.4 Å². The molecule has 0 saturated carbocycles. The van der Waals surface area contributed by atoms with Crippen LogP contribution in [0.1, 0.15) is 26.5 Å². The summed E-state index contributed by atoms with van der Waals surface area (Å²) < 4.78 is 0. The molecule has 0 unspecified atom stereocenters. The average Bonchev–Trinajstić information content (AvgIpc) is 2.88. The fourth-order valence-corrected chi connectivity index (χ4v) is 2.43. The number of rotatable bonds is 3. The van der Waals surface area contributed by atoms with Crippen molar-refractivity contribution in [2.24, 2.45) is 0 Å². The maximum Gasteiger partial charge on any atom is 0.270 e. The van der Waals surface area contributed by atoms with Crippen LogP contribution >= 0.6 is 11.3 Å². The van der Waals surface area contributed by atoms with E-state index in [4.69, 9.17) is 5.11 Å². The minimum atomic E-state index is -0.209. The highest BCUT2D eigenvalue weighted by Gasteiger charge is 2.07. The molecule has 2 aromatic rings. The molecule has 4 nitrogen and oxygen atoms in total. The summed E-state index contributed by atoms with van der Waals surface area (Å²) in [6.45, 7) is 2.34. The zero-order valence-electron chi connectivity index (χ0n) is 11.0. The van der Waals surface area contributed by atoms with E-state index in [0.29, 0.717) is 17.8 Å². The van der Waals surface area contributed by atoms with E-state index in [-0.39, 0.29) is 12.5 Å². The molecule has 0 fully saturated rings. The Labute approximate surface area is 121 Å². The second kappa shape index (κ2) is 6.85. The van der Waals surface area contributed by atoms with Gasteiger partial charge in [0.05, 0.1) is 6.54 Å². The monoisotopic (exact) mass is 286 g/mol. The number of aryl methyl sites for hydroxylation is 1. The van der Waals surface area contributed by atoms with Crippen molar-refractivity contribution in [2.45, 2.75) is 13.5 Å². The van der Waals surface area contributed by atoms with Gasteiger partial charge in [-0.3, -0.25) is 4.79 Å². The first-order chi connectivity index (χ1) is 9.70. The summed E-state index contributed by atoms with van der Waals surface area (Å²) in [7, 11) is 0. The fraction of sp³-hybridized carbons (Fsp3) is 0.200. The molecule has 0 aliphatic heterocycles. The Balaban J connectivity index is 1.97. The Morgan fingerprint density at radius 3 is 2.90 bits per heavy atom. The Morgan fingerprint density at radius 1 is 1.45 bits per heavy atom. The van der Waals surface area contributed by atoms with Crippen molar-refractivity contribution in [3.63, 3.8) is 0 Å². The Bertz CT molecular complexity index is 651. The summed E-state index contributed by atoms with van der Waals surface area (Å²) in [5.41, 5.74) is 2.20. The van der Waals surface area contributed by atoms with Crippen molar-refractivity contribution in [1.82, 2.24) is 10.3 Å². The van der Waals surface area contributed by atoms with E-state index in [9.17, 15) is 4.79 Å². The van der Waals surface area contributed by atoms with Crippen LogP contribution in [0.4, 0.5) is 0 Å².